The maximum Gasteiger partial charge on any atom is 0.232 e. The van der Waals surface area contributed by atoms with Gasteiger partial charge in [-0.1, -0.05) is 6.92 Å². The highest BCUT2D eigenvalue weighted by atomic mass is 16.7. The molecule has 0 unspecified atom stereocenters. The van der Waals surface area contributed by atoms with E-state index >= 15 is 0 Å². The summed E-state index contributed by atoms with van der Waals surface area (Å²) in [6.45, 7) is 2.75. The van der Waals surface area contributed by atoms with Crippen LogP contribution >= 0.6 is 0 Å². The summed E-state index contributed by atoms with van der Waals surface area (Å²) >= 11 is 0. The van der Waals surface area contributed by atoms with Crippen molar-refractivity contribution in [2.24, 2.45) is 5.92 Å². The average Bonchev–Trinajstić information content (AvgIpc) is 3.30. The first-order valence-corrected chi connectivity index (χ1v) is 11.1. The van der Waals surface area contributed by atoms with E-state index < -0.39 is 6.23 Å². The van der Waals surface area contributed by atoms with Gasteiger partial charge in [-0.2, -0.15) is 5.10 Å². The molecular weight excluding hydrogens is 412 g/mol. The van der Waals surface area contributed by atoms with Crippen LogP contribution in [0.1, 0.15) is 38.3 Å². The summed E-state index contributed by atoms with van der Waals surface area (Å²) in [6, 6.07) is 5.51. The highest BCUT2D eigenvalue weighted by Gasteiger charge is 2.26. The summed E-state index contributed by atoms with van der Waals surface area (Å²) in [5.41, 5.74) is 0.641. The van der Waals surface area contributed by atoms with Gasteiger partial charge in [-0.05, 0) is 43.7 Å². The van der Waals surface area contributed by atoms with Gasteiger partial charge in [-0.25, -0.2) is 0 Å². The van der Waals surface area contributed by atoms with Crippen LogP contribution in [-0.2, 0) is 32.0 Å². The number of nitrogens with zero attached hydrogens (tertiary/aromatic N) is 4. The van der Waals surface area contributed by atoms with Crippen molar-refractivity contribution in [3.05, 3.63) is 42.5 Å². The molecule has 2 aromatic rings. The Labute approximate surface area is 189 Å². The van der Waals surface area contributed by atoms with Crippen LogP contribution in [0.4, 0.5) is 0 Å². The van der Waals surface area contributed by atoms with E-state index in [4.69, 9.17) is 18.9 Å². The molecule has 3 rings (SSSR count). The standard InChI is InChI=1S/C23H34N4O5/c1-18-5-7-20(8-6-18)32-21-9-11-24-19(13-21)14-22(28)27(16-29-2)23(31-17-30-3)15-26-12-4-10-25-26/h4,9-13,18,20,23H,5-8,14-17H2,1-3H3/t18?,20?,23-/m1/s1. The third kappa shape index (κ3) is 7.29. The summed E-state index contributed by atoms with van der Waals surface area (Å²) in [5, 5.41) is 4.21. The van der Waals surface area contributed by atoms with Crippen LogP contribution in [0.25, 0.3) is 0 Å². The van der Waals surface area contributed by atoms with Crippen molar-refractivity contribution in [3.8, 4) is 5.75 Å². The fourth-order valence-electron chi connectivity index (χ4n) is 3.83. The number of hydrogen-bond acceptors (Lipinski definition) is 7. The van der Waals surface area contributed by atoms with E-state index in [2.05, 4.69) is 17.0 Å². The normalized spacial score (nSPS) is 19.5. The van der Waals surface area contributed by atoms with Crippen LogP contribution in [-0.4, -0.2) is 65.6 Å². The molecule has 1 fully saturated rings. The van der Waals surface area contributed by atoms with E-state index in [-0.39, 0.29) is 32.0 Å². The molecule has 0 spiro atoms. The molecule has 2 aromatic heterocycles. The van der Waals surface area contributed by atoms with Crippen molar-refractivity contribution in [1.29, 1.82) is 0 Å². The first kappa shape index (κ1) is 24.2. The molecule has 0 radical (unpaired) electrons. The minimum atomic E-state index is -0.606. The molecule has 9 heteroatoms. The lowest BCUT2D eigenvalue weighted by molar-refractivity contribution is -0.175. The van der Waals surface area contributed by atoms with Crippen molar-refractivity contribution in [1.82, 2.24) is 19.7 Å². The van der Waals surface area contributed by atoms with Gasteiger partial charge in [0.05, 0.1) is 24.8 Å². The van der Waals surface area contributed by atoms with Gasteiger partial charge in [-0.15, -0.1) is 0 Å². The highest BCUT2D eigenvalue weighted by Crippen LogP contribution is 2.27. The monoisotopic (exact) mass is 446 g/mol. The van der Waals surface area contributed by atoms with Crippen molar-refractivity contribution in [2.45, 2.75) is 57.9 Å². The Kier molecular flexibility index (Phi) is 9.45. The topological polar surface area (TPSA) is 87.9 Å². The Morgan fingerprint density at radius 2 is 2.03 bits per heavy atom. The summed E-state index contributed by atoms with van der Waals surface area (Å²) in [5.74, 6) is 1.35. The summed E-state index contributed by atoms with van der Waals surface area (Å²) in [7, 11) is 3.08. The predicted octanol–water partition coefficient (Wildman–Crippen LogP) is 2.86. The van der Waals surface area contributed by atoms with Gasteiger partial charge in [-0.3, -0.25) is 19.4 Å². The SMILES string of the molecule is COCO[C@H](Cn1cccn1)N(COC)C(=O)Cc1cc(OC2CCC(C)CC2)ccn1. The number of ether oxygens (including phenoxy) is 4. The van der Waals surface area contributed by atoms with Crippen LogP contribution < -0.4 is 4.74 Å². The first-order valence-electron chi connectivity index (χ1n) is 11.1. The Morgan fingerprint density at radius 1 is 1.22 bits per heavy atom. The minimum absolute atomic E-state index is 0.0427. The molecule has 0 aliphatic heterocycles. The third-order valence-corrected chi connectivity index (χ3v) is 5.60. The molecule has 1 aliphatic carbocycles. The van der Waals surface area contributed by atoms with Gasteiger partial charge < -0.3 is 18.9 Å². The Bertz CT molecular complexity index is 808. The minimum Gasteiger partial charge on any atom is -0.490 e. The lowest BCUT2D eigenvalue weighted by Gasteiger charge is -2.31. The van der Waals surface area contributed by atoms with Crippen molar-refractivity contribution >= 4 is 5.91 Å². The predicted molar refractivity (Wildman–Crippen MR) is 118 cm³/mol. The molecule has 2 heterocycles. The molecule has 0 saturated heterocycles. The second kappa shape index (κ2) is 12.5. The largest absolute Gasteiger partial charge is 0.490 e. The number of amides is 1. The molecule has 1 aliphatic rings. The molecule has 0 aromatic carbocycles. The fourth-order valence-corrected chi connectivity index (χ4v) is 3.83. The zero-order valence-electron chi connectivity index (χ0n) is 19.2. The van der Waals surface area contributed by atoms with E-state index in [9.17, 15) is 4.79 Å². The number of aromatic nitrogens is 3. The maximum atomic E-state index is 13.2. The van der Waals surface area contributed by atoms with Gasteiger partial charge in [0, 0.05) is 38.9 Å². The van der Waals surface area contributed by atoms with Gasteiger partial charge in [0.15, 0.2) is 6.23 Å². The van der Waals surface area contributed by atoms with Crippen LogP contribution in [0.3, 0.4) is 0 Å². The Morgan fingerprint density at radius 3 is 2.72 bits per heavy atom. The number of carbonyl (C=O) groups excluding carboxylic acids is 1. The second-order valence-electron chi connectivity index (χ2n) is 8.20. The molecular formula is C23H34N4O5. The van der Waals surface area contributed by atoms with Gasteiger partial charge in [0.1, 0.15) is 19.3 Å². The number of methoxy groups -OCH3 is 2. The fraction of sp³-hybridized carbons (Fsp3) is 0.609. The van der Waals surface area contributed by atoms with Gasteiger partial charge in [0.25, 0.3) is 0 Å². The zero-order valence-corrected chi connectivity index (χ0v) is 19.2. The van der Waals surface area contributed by atoms with E-state index in [0.717, 1.165) is 24.5 Å². The number of pyridine rings is 1. The molecule has 32 heavy (non-hydrogen) atoms. The first-order chi connectivity index (χ1) is 15.6. The van der Waals surface area contributed by atoms with Gasteiger partial charge >= 0.3 is 0 Å². The lowest BCUT2D eigenvalue weighted by atomic mass is 9.89. The molecule has 1 saturated carbocycles. The van der Waals surface area contributed by atoms with Crippen LogP contribution in [0.2, 0.25) is 0 Å². The lowest BCUT2D eigenvalue weighted by Crippen LogP contribution is -2.46. The van der Waals surface area contributed by atoms with Crippen LogP contribution in [0.15, 0.2) is 36.8 Å². The summed E-state index contributed by atoms with van der Waals surface area (Å²) in [4.78, 5) is 19.1. The van der Waals surface area contributed by atoms with E-state index in [0.29, 0.717) is 12.2 Å². The Balaban J connectivity index is 1.66. The average molecular weight is 447 g/mol. The molecule has 0 N–H and O–H groups in total. The van der Waals surface area contributed by atoms with Gasteiger partial charge in [0.2, 0.25) is 5.91 Å². The summed E-state index contributed by atoms with van der Waals surface area (Å²) < 4.78 is 24.0. The Hall–Kier alpha value is -2.49. The number of carbonyl (C=O) groups is 1. The molecule has 1 amide bonds. The van der Waals surface area contributed by atoms with E-state index in [1.54, 1.807) is 24.2 Å². The third-order valence-electron chi connectivity index (χ3n) is 5.60. The van der Waals surface area contributed by atoms with Crippen molar-refractivity contribution in [2.75, 3.05) is 27.7 Å². The summed E-state index contributed by atoms with van der Waals surface area (Å²) in [6.07, 6.45) is 9.40. The van der Waals surface area contributed by atoms with E-state index in [1.807, 2.05) is 24.4 Å². The second-order valence-corrected chi connectivity index (χ2v) is 8.20. The quantitative estimate of drug-likeness (QED) is 0.463. The maximum absolute atomic E-state index is 13.2. The smallest absolute Gasteiger partial charge is 0.232 e. The van der Waals surface area contributed by atoms with Crippen LogP contribution in [0.5, 0.6) is 5.75 Å². The van der Waals surface area contributed by atoms with E-state index in [1.165, 1.54) is 24.9 Å². The molecule has 9 nitrogen and oxygen atoms in total. The van der Waals surface area contributed by atoms with Crippen LogP contribution in [0, 0.1) is 5.92 Å². The molecule has 1 atom stereocenters. The molecule has 0 bridgehead atoms. The van der Waals surface area contributed by atoms with Crippen molar-refractivity contribution in [3.63, 3.8) is 0 Å². The van der Waals surface area contributed by atoms with Crippen molar-refractivity contribution < 1.29 is 23.7 Å². The zero-order chi connectivity index (χ0) is 22.8. The number of hydrogen-bond donors (Lipinski definition) is 0. The molecule has 176 valence electrons. The number of rotatable bonds is 12. The highest BCUT2D eigenvalue weighted by molar-refractivity contribution is 5.78.